The fourth-order valence-corrected chi connectivity index (χ4v) is 4.68. The number of aliphatic imine (C=N–C) groups is 1. The monoisotopic (exact) mass is 464 g/mol. The largest absolute Gasteiger partial charge is 0.480 e. The first-order valence-corrected chi connectivity index (χ1v) is 11.6. The first-order valence-electron chi connectivity index (χ1n) is 10.7. The molecule has 0 aliphatic rings. The molecule has 0 unspecified atom stereocenters. The predicted octanol–water partition coefficient (Wildman–Crippen LogP) is 3.97. The maximum absolute atomic E-state index is 13.0. The highest BCUT2D eigenvalue weighted by atomic mass is 32.1. The Morgan fingerprint density at radius 2 is 1.67 bits per heavy atom. The van der Waals surface area contributed by atoms with Crippen molar-refractivity contribution in [2.45, 2.75) is 38.6 Å². The van der Waals surface area contributed by atoms with E-state index in [0.717, 1.165) is 16.1 Å². The molecule has 0 aliphatic heterocycles. The molecule has 33 heavy (non-hydrogen) atoms. The zero-order valence-corrected chi connectivity index (χ0v) is 19.5. The first-order chi connectivity index (χ1) is 15.9. The number of nitrogens with two attached hydrogens (primary N) is 1. The molecule has 1 aromatic heterocycles. The molecule has 4 N–H and O–H groups in total. The lowest BCUT2D eigenvalue weighted by molar-refractivity contribution is -0.139. The average molecular weight is 465 g/mol. The molecule has 7 nitrogen and oxygen atoms in total. The quantitative estimate of drug-likeness (QED) is 0.238. The molecular formula is C25H28N4O3S. The summed E-state index contributed by atoms with van der Waals surface area (Å²) in [5.74, 6) is -1.18. The van der Waals surface area contributed by atoms with Gasteiger partial charge in [0.1, 0.15) is 15.9 Å². The Morgan fingerprint density at radius 1 is 1.09 bits per heavy atom. The SMILES string of the molecule is CC(N)=NCCC[C@H](NC(=O)c1sc(C(c2ccccc2)c2ccccc2)nc1C)C(=O)O. The van der Waals surface area contributed by atoms with Gasteiger partial charge in [-0.3, -0.25) is 9.79 Å². The van der Waals surface area contributed by atoms with Crippen molar-refractivity contribution in [1.82, 2.24) is 10.3 Å². The Hall–Kier alpha value is -3.52. The maximum Gasteiger partial charge on any atom is 0.326 e. The van der Waals surface area contributed by atoms with E-state index >= 15 is 0 Å². The van der Waals surface area contributed by atoms with Gasteiger partial charge in [-0.1, -0.05) is 60.7 Å². The molecule has 0 saturated heterocycles. The van der Waals surface area contributed by atoms with Crippen LogP contribution in [0.5, 0.6) is 0 Å². The van der Waals surface area contributed by atoms with Crippen molar-refractivity contribution in [1.29, 1.82) is 0 Å². The van der Waals surface area contributed by atoms with Gasteiger partial charge in [0.25, 0.3) is 5.91 Å². The van der Waals surface area contributed by atoms with Crippen LogP contribution in [0.3, 0.4) is 0 Å². The number of aliphatic carboxylic acids is 1. The summed E-state index contributed by atoms with van der Waals surface area (Å²) in [6, 6.07) is 19.0. The minimum Gasteiger partial charge on any atom is -0.480 e. The molecule has 3 rings (SSSR count). The number of aryl methyl sites for hydroxylation is 1. The fraction of sp³-hybridized carbons (Fsp3) is 0.280. The van der Waals surface area contributed by atoms with E-state index in [9.17, 15) is 14.7 Å². The van der Waals surface area contributed by atoms with E-state index in [-0.39, 0.29) is 12.3 Å². The van der Waals surface area contributed by atoms with Gasteiger partial charge in [0.15, 0.2) is 0 Å². The van der Waals surface area contributed by atoms with Crippen LogP contribution < -0.4 is 11.1 Å². The smallest absolute Gasteiger partial charge is 0.326 e. The lowest BCUT2D eigenvalue weighted by Gasteiger charge is -2.15. The van der Waals surface area contributed by atoms with E-state index in [4.69, 9.17) is 10.7 Å². The van der Waals surface area contributed by atoms with Crippen LogP contribution in [-0.2, 0) is 4.79 Å². The number of thiazole rings is 1. The molecule has 0 saturated carbocycles. The van der Waals surface area contributed by atoms with Crippen molar-refractivity contribution in [2.24, 2.45) is 10.7 Å². The second kappa shape index (κ2) is 11.4. The van der Waals surface area contributed by atoms with Gasteiger partial charge in [-0.05, 0) is 37.8 Å². The molecule has 0 radical (unpaired) electrons. The second-order valence-corrected chi connectivity index (χ2v) is 8.78. The van der Waals surface area contributed by atoms with Crippen molar-refractivity contribution in [3.63, 3.8) is 0 Å². The third kappa shape index (κ3) is 6.49. The number of aromatic nitrogens is 1. The molecule has 1 amide bonds. The van der Waals surface area contributed by atoms with E-state index in [1.54, 1.807) is 13.8 Å². The zero-order valence-electron chi connectivity index (χ0n) is 18.7. The Kier molecular flexibility index (Phi) is 8.32. The summed E-state index contributed by atoms with van der Waals surface area (Å²) in [4.78, 5) is 33.9. The number of carbonyl (C=O) groups is 2. The van der Waals surface area contributed by atoms with Crippen molar-refractivity contribution in [2.75, 3.05) is 6.54 Å². The molecular weight excluding hydrogens is 436 g/mol. The van der Waals surface area contributed by atoms with Crippen LogP contribution in [0, 0.1) is 6.92 Å². The number of benzene rings is 2. The number of carboxylic acids is 1. The summed E-state index contributed by atoms with van der Waals surface area (Å²) in [6.07, 6.45) is 0.766. The number of carbonyl (C=O) groups excluding carboxylic acids is 1. The van der Waals surface area contributed by atoms with Crippen LogP contribution in [0.25, 0.3) is 0 Å². The van der Waals surface area contributed by atoms with Crippen LogP contribution >= 0.6 is 11.3 Å². The number of hydrogen-bond donors (Lipinski definition) is 3. The van der Waals surface area contributed by atoms with Crippen molar-refractivity contribution >= 4 is 29.0 Å². The molecule has 0 aliphatic carbocycles. The van der Waals surface area contributed by atoms with Crippen molar-refractivity contribution in [3.05, 3.63) is 87.4 Å². The van der Waals surface area contributed by atoms with E-state index in [1.165, 1.54) is 11.3 Å². The number of hydrogen-bond acceptors (Lipinski definition) is 5. The zero-order chi connectivity index (χ0) is 23.8. The molecule has 2 aromatic carbocycles. The van der Waals surface area contributed by atoms with Crippen LogP contribution in [-0.4, -0.2) is 40.4 Å². The molecule has 3 aromatic rings. The summed E-state index contributed by atoms with van der Waals surface area (Å²) in [5.41, 5.74) is 8.24. The number of amides is 1. The molecule has 0 spiro atoms. The van der Waals surface area contributed by atoms with Gasteiger partial charge in [0.05, 0.1) is 17.4 Å². The summed E-state index contributed by atoms with van der Waals surface area (Å²) in [6.45, 7) is 3.87. The normalized spacial score (nSPS) is 12.5. The molecule has 172 valence electrons. The van der Waals surface area contributed by atoms with Gasteiger partial charge in [0, 0.05) is 6.54 Å². The van der Waals surface area contributed by atoms with E-state index < -0.39 is 17.9 Å². The fourth-order valence-electron chi connectivity index (χ4n) is 3.55. The van der Waals surface area contributed by atoms with Crippen molar-refractivity contribution in [3.8, 4) is 0 Å². The first kappa shape index (κ1) is 24.1. The predicted molar refractivity (Wildman–Crippen MR) is 131 cm³/mol. The van der Waals surface area contributed by atoms with Crippen LogP contribution in [0.4, 0.5) is 0 Å². The van der Waals surface area contributed by atoms with Gasteiger partial charge in [-0.2, -0.15) is 0 Å². The number of nitrogens with one attached hydrogen (secondary N) is 1. The number of rotatable bonds is 10. The minimum absolute atomic E-state index is 0.120. The lowest BCUT2D eigenvalue weighted by Crippen LogP contribution is -2.40. The Balaban J connectivity index is 1.83. The second-order valence-electron chi connectivity index (χ2n) is 7.75. The highest BCUT2D eigenvalue weighted by Gasteiger charge is 2.26. The topological polar surface area (TPSA) is 118 Å². The van der Waals surface area contributed by atoms with Crippen molar-refractivity contribution < 1.29 is 14.7 Å². The molecule has 0 fully saturated rings. The third-order valence-corrected chi connectivity index (χ3v) is 6.37. The number of carboxylic acid groups (broad SMARTS) is 1. The standard InChI is InChI=1S/C25H28N4O3S/c1-16-22(23(30)29-20(25(31)32)14-9-15-27-17(2)26)33-24(28-16)21(18-10-5-3-6-11-18)19-12-7-4-8-13-19/h3-8,10-13,20-21H,9,14-15H2,1-2H3,(H2,26,27)(H,29,30)(H,31,32)/t20-/m0/s1. The average Bonchev–Trinajstić information content (AvgIpc) is 3.18. The van der Waals surface area contributed by atoms with Gasteiger partial charge >= 0.3 is 5.97 Å². The summed E-state index contributed by atoms with van der Waals surface area (Å²) in [5, 5.41) is 13.0. The van der Waals surface area contributed by atoms with E-state index in [2.05, 4.69) is 10.3 Å². The lowest BCUT2D eigenvalue weighted by atomic mass is 9.92. The van der Waals surface area contributed by atoms with Crippen LogP contribution in [0.15, 0.2) is 65.7 Å². The molecule has 0 bridgehead atoms. The molecule has 8 heteroatoms. The van der Waals surface area contributed by atoms with E-state index in [1.807, 2.05) is 60.7 Å². The Morgan fingerprint density at radius 3 is 2.18 bits per heavy atom. The van der Waals surface area contributed by atoms with Gasteiger partial charge in [0.2, 0.25) is 0 Å². The highest BCUT2D eigenvalue weighted by Crippen LogP contribution is 2.35. The molecule has 1 heterocycles. The number of nitrogens with zero attached hydrogens (tertiary/aromatic N) is 2. The summed E-state index contributed by atoms with van der Waals surface area (Å²) in [7, 11) is 0. The Bertz CT molecular complexity index is 1070. The molecule has 1 atom stereocenters. The summed E-state index contributed by atoms with van der Waals surface area (Å²) >= 11 is 1.30. The number of amidine groups is 1. The summed E-state index contributed by atoms with van der Waals surface area (Å²) < 4.78 is 0. The highest BCUT2D eigenvalue weighted by molar-refractivity contribution is 7.14. The van der Waals surface area contributed by atoms with Crippen LogP contribution in [0.1, 0.15) is 57.2 Å². The van der Waals surface area contributed by atoms with Gasteiger partial charge < -0.3 is 16.2 Å². The van der Waals surface area contributed by atoms with Gasteiger partial charge in [-0.25, -0.2) is 9.78 Å². The van der Waals surface area contributed by atoms with E-state index in [0.29, 0.717) is 29.4 Å². The van der Waals surface area contributed by atoms with Gasteiger partial charge in [-0.15, -0.1) is 11.3 Å². The Labute approximate surface area is 197 Å². The minimum atomic E-state index is -1.08. The van der Waals surface area contributed by atoms with Crippen LogP contribution in [0.2, 0.25) is 0 Å². The third-order valence-electron chi connectivity index (χ3n) is 5.15. The maximum atomic E-state index is 13.0.